The number of aryl methyl sites for hydroxylation is 1. The van der Waals surface area contributed by atoms with Gasteiger partial charge in [-0.2, -0.15) is 4.31 Å². The molecule has 0 atom stereocenters. The monoisotopic (exact) mass is 489 g/mol. The Morgan fingerprint density at radius 3 is 2.21 bits per heavy atom. The van der Waals surface area contributed by atoms with Crippen LogP contribution in [-0.4, -0.2) is 73.6 Å². The van der Waals surface area contributed by atoms with Crippen LogP contribution in [0.1, 0.15) is 47.3 Å². The van der Waals surface area contributed by atoms with E-state index >= 15 is 0 Å². The number of carbonyl (C=O) groups excluding carboxylic acids is 2. The van der Waals surface area contributed by atoms with E-state index in [1.807, 2.05) is 23.1 Å². The van der Waals surface area contributed by atoms with Crippen LogP contribution >= 0.6 is 11.3 Å². The van der Waals surface area contributed by atoms with Crippen LogP contribution < -0.4 is 0 Å². The van der Waals surface area contributed by atoms with Crippen molar-refractivity contribution in [2.75, 3.05) is 39.3 Å². The number of piperazine rings is 1. The van der Waals surface area contributed by atoms with Crippen molar-refractivity contribution in [2.24, 2.45) is 0 Å². The number of carbonyl (C=O) groups is 2. The van der Waals surface area contributed by atoms with Crippen molar-refractivity contribution in [3.05, 3.63) is 52.2 Å². The summed E-state index contributed by atoms with van der Waals surface area (Å²) in [5.74, 6) is -0.140. The van der Waals surface area contributed by atoms with Crippen LogP contribution in [0.3, 0.4) is 0 Å². The molecule has 2 aromatic rings. The van der Waals surface area contributed by atoms with Crippen LogP contribution in [0.5, 0.6) is 0 Å². The summed E-state index contributed by atoms with van der Waals surface area (Å²) in [5.41, 5.74) is 1.23. The molecule has 4 rings (SSSR count). The van der Waals surface area contributed by atoms with Gasteiger partial charge in [0.1, 0.15) is 9.77 Å². The lowest BCUT2D eigenvalue weighted by Gasteiger charge is -2.35. The molecule has 2 saturated heterocycles. The third-order valence-corrected chi connectivity index (χ3v) is 9.35. The molecule has 2 aliphatic rings. The number of benzene rings is 1. The predicted molar refractivity (Wildman–Crippen MR) is 129 cm³/mol. The highest BCUT2D eigenvalue weighted by Crippen LogP contribution is 2.28. The quantitative estimate of drug-likeness (QED) is 0.598. The molecular weight excluding hydrogens is 458 g/mol. The first kappa shape index (κ1) is 23.9. The number of piperidine rings is 1. The van der Waals surface area contributed by atoms with E-state index < -0.39 is 10.0 Å². The van der Waals surface area contributed by atoms with Crippen molar-refractivity contribution in [2.45, 2.75) is 43.4 Å². The Morgan fingerprint density at radius 1 is 0.848 bits per heavy atom. The first-order valence-electron chi connectivity index (χ1n) is 11.7. The molecular formula is C24H31N3O4S2. The molecule has 0 saturated carbocycles. The van der Waals surface area contributed by atoms with Crippen molar-refractivity contribution in [3.8, 4) is 0 Å². The molecule has 1 aromatic heterocycles. The van der Waals surface area contributed by atoms with Crippen LogP contribution in [0.2, 0.25) is 0 Å². The minimum atomic E-state index is -3.66. The molecule has 0 unspecified atom stereocenters. The molecule has 1 aromatic carbocycles. The Balaban J connectivity index is 1.31. The molecule has 9 heteroatoms. The lowest BCUT2D eigenvalue weighted by Crippen LogP contribution is -2.50. The van der Waals surface area contributed by atoms with Gasteiger partial charge in [-0.25, -0.2) is 8.42 Å². The molecule has 2 fully saturated rings. The number of hydrogen-bond acceptors (Lipinski definition) is 5. The van der Waals surface area contributed by atoms with E-state index in [0.29, 0.717) is 45.7 Å². The van der Waals surface area contributed by atoms with Gasteiger partial charge in [-0.05, 0) is 42.7 Å². The van der Waals surface area contributed by atoms with Gasteiger partial charge >= 0.3 is 0 Å². The minimum Gasteiger partial charge on any atom is -0.339 e. The highest BCUT2D eigenvalue weighted by atomic mass is 32.2. The lowest BCUT2D eigenvalue weighted by atomic mass is 10.1. The average molecular weight is 490 g/mol. The fraction of sp³-hybridized carbons (Fsp3) is 0.500. The van der Waals surface area contributed by atoms with E-state index in [2.05, 4.69) is 12.1 Å². The molecule has 2 aliphatic heterocycles. The molecule has 0 N–H and O–H groups in total. The number of amides is 2. The van der Waals surface area contributed by atoms with Gasteiger partial charge in [-0.1, -0.05) is 36.8 Å². The standard InChI is InChI=1S/C24H31N3O4S2/c28-22(11-7-10-20-8-3-1-4-9-20)25-15-17-26(18-16-25)24(29)23-21(12-19-32-23)33(30,31)27-13-5-2-6-14-27/h1,3-4,8-9,12,19H,2,5-7,10-11,13-18H2. The Bertz CT molecular complexity index is 1050. The largest absolute Gasteiger partial charge is 0.339 e. The van der Waals surface area contributed by atoms with Gasteiger partial charge in [0.2, 0.25) is 15.9 Å². The van der Waals surface area contributed by atoms with E-state index in [4.69, 9.17) is 0 Å². The smallest absolute Gasteiger partial charge is 0.265 e. The third-order valence-electron chi connectivity index (χ3n) is 6.37. The number of nitrogens with zero attached hydrogens (tertiary/aromatic N) is 3. The second kappa shape index (κ2) is 10.8. The Morgan fingerprint density at radius 2 is 1.52 bits per heavy atom. The van der Waals surface area contributed by atoms with Gasteiger partial charge in [0.15, 0.2) is 0 Å². The second-order valence-corrected chi connectivity index (χ2v) is 11.4. The minimum absolute atomic E-state index is 0.113. The van der Waals surface area contributed by atoms with E-state index in [1.165, 1.54) is 21.2 Å². The van der Waals surface area contributed by atoms with Crippen molar-refractivity contribution < 1.29 is 18.0 Å². The van der Waals surface area contributed by atoms with Gasteiger partial charge in [0, 0.05) is 45.7 Å². The maximum Gasteiger partial charge on any atom is 0.265 e. The summed E-state index contributed by atoms with van der Waals surface area (Å²) in [7, 11) is -3.66. The first-order chi connectivity index (χ1) is 16.0. The molecule has 3 heterocycles. The number of thiophene rings is 1. The number of hydrogen-bond donors (Lipinski definition) is 0. The fourth-order valence-electron chi connectivity index (χ4n) is 4.45. The molecule has 7 nitrogen and oxygen atoms in total. The molecule has 2 amide bonds. The van der Waals surface area contributed by atoms with E-state index in [0.717, 1.165) is 32.1 Å². The normalized spacial score (nSPS) is 17.8. The summed E-state index contributed by atoms with van der Waals surface area (Å²) >= 11 is 1.18. The van der Waals surface area contributed by atoms with Crippen LogP contribution in [0, 0.1) is 0 Å². The van der Waals surface area contributed by atoms with Gasteiger partial charge in [-0.3, -0.25) is 9.59 Å². The van der Waals surface area contributed by atoms with Crippen LogP contribution in [0.4, 0.5) is 0 Å². The highest BCUT2D eigenvalue weighted by molar-refractivity contribution is 7.89. The van der Waals surface area contributed by atoms with Gasteiger partial charge in [0.05, 0.1) is 0 Å². The zero-order valence-corrected chi connectivity index (χ0v) is 20.5. The summed E-state index contributed by atoms with van der Waals surface area (Å²) in [5, 5.41) is 1.68. The van der Waals surface area contributed by atoms with E-state index in [9.17, 15) is 18.0 Å². The Kier molecular flexibility index (Phi) is 7.82. The highest BCUT2D eigenvalue weighted by Gasteiger charge is 2.33. The zero-order valence-electron chi connectivity index (χ0n) is 18.8. The van der Waals surface area contributed by atoms with Gasteiger partial charge in [0.25, 0.3) is 5.91 Å². The fourth-order valence-corrected chi connectivity index (χ4v) is 7.33. The topological polar surface area (TPSA) is 78.0 Å². The molecule has 0 radical (unpaired) electrons. The van der Waals surface area contributed by atoms with Crippen LogP contribution in [-0.2, 0) is 21.2 Å². The van der Waals surface area contributed by atoms with Gasteiger partial charge < -0.3 is 9.80 Å². The summed E-state index contributed by atoms with van der Waals surface area (Å²) in [6.45, 7) is 2.83. The Labute approximate surface area is 200 Å². The molecule has 0 bridgehead atoms. The Hall–Kier alpha value is -2.23. The predicted octanol–water partition coefficient (Wildman–Crippen LogP) is 3.23. The number of sulfonamides is 1. The van der Waals surface area contributed by atoms with Crippen LogP contribution in [0.25, 0.3) is 0 Å². The average Bonchev–Trinajstić information content (AvgIpc) is 3.36. The van der Waals surface area contributed by atoms with Crippen molar-refractivity contribution in [3.63, 3.8) is 0 Å². The van der Waals surface area contributed by atoms with Crippen molar-refractivity contribution in [1.29, 1.82) is 0 Å². The SMILES string of the molecule is O=C(CCCc1ccccc1)N1CCN(C(=O)c2sccc2S(=O)(=O)N2CCCCC2)CC1. The first-order valence-corrected chi connectivity index (χ1v) is 14.0. The lowest BCUT2D eigenvalue weighted by molar-refractivity contribution is -0.132. The summed E-state index contributed by atoms with van der Waals surface area (Å²) in [6, 6.07) is 11.7. The van der Waals surface area contributed by atoms with Crippen LogP contribution in [0.15, 0.2) is 46.7 Å². The van der Waals surface area contributed by atoms with E-state index in [1.54, 1.807) is 16.3 Å². The second-order valence-electron chi connectivity index (χ2n) is 8.59. The van der Waals surface area contributed by atoms with Gasteiger partial charge in [-0.15, -0.1) is 11.3 Å². The summed E-state index contributed by atoms with van der Waals surface area (Å²) in [6.07, 6.45) is 4.91. The summed E-state index contributed by atoms with van der Waals surface area (Å²) < 4.78 is 27.7. The molecule has 0 spiro atoms. The van der Waals surface area contributed by atoms with Crippen molar-refractivity contribution in [1.82, 2.24) is 14.1 Å². The third kappa shape index (κ3) is 5.65. The maximum absolute atomic E-state index is 13.2. The number of rotatable bonds is 7. The van der Waals surface area contributed by atoms with Crippen molar-refractivity contribution >= 4 is 33.2 Å². The summed E-state index contributed by atoms with van der Waals surface area (Å²) in [4.78, 5) is 29.7. The molecule has 0 aliphatic carbocycles. The molecule has 178 valence electrons. The molecule has 33 heavy (non-hydrogen) atoms. The zero-order chi connectivity index (χ0) is 23.3. The van der Waals surface area contributed by atoms with E-state index in [-0.39, 0.29) is 21.6 Å². The maximum atomic E-state index is 13.2.